The van der Waals surface area contributed by atoms with Crippen LogP contribution in [0.3, 0.4) is 0 Å². The molecule has 0 spiro atoms. The van der Waals surface area contributed by atoms with Gasteiger partial charge in [-0.25, -0.2) is 0 Å². The normalized spacial score (nSPS) is 10.1. The van der Waals surface area contributed by atoms with Crippen molar-refractivity contribution in [1.82, 2.24) is 10.5 Å². The van der Waals surface area contributed by atoms with Gasteiger partial charge in [-0.1, -0.05) is 35.0 Å². The molecule has 4 rings (SSSR count). The van der Waals surface area contributed by atoms with Crippen LogP contribution in [0.1, 0.15) is 12.5 Å². The second-order valence-electron chi connectivity index (χ2n) is 6.06. The molecule has 0 saturated carbocycles. The fourth-order valence-corrected chi connectivity index (χ4v) is 2.49. The summed E-state index contributed by atoms with van der Waals surface area (Å²) in [6.07, 6.45) is 1.60. The predicted molar refractivity (Wildman–Crippen MR) is 106 cm³/mol. The van der Waals surface area contributed by atoms with E-state index >= 15 is 0 Å². The van der Waals surface area contributed by atoms with Crippen molar-refractivity contribution in [3.63, 3.8) is 0 Å². The zero-order valence-corrected chi connectivity index (χ0v) is 16.6. The summed E-state index contributed by atoms with van der Waals surface area (Å²) in [4.78, 5) is 10.4. The Hall–Kier alpha value is -4.41. The maximum absolute atomic E-state index is 10.4. The van der Waals surface area contributed by atoms with Gasteiger partial charge in [0.15, 0.2) is 5.27 Å². The van der Waals surface area contributed by atoms with Crippen molar-refractivity contribution in [1.29, 1.82) is 0 Å². The molecule has 2 N–H and O–H groups in total. The van der Waals surface area contributed by atoms with Crippen molar-refractivity contribution in [3.8, 4) is 11.4 Å². The van der Waals surface area contributed by atoms with Crippen LogP contribution in [0.4, 0.5) is 16.6 Å². The van der Waals surface area contributed by atoms with Crippen molar-refractivity contribution in [2.45, 2.75) is 13.5 Å². The van der Waals surface area contributed by atoms with E-state index in [1.165, 1.54) is 10.9 Å². The lowest BCUT2D eigenvalue weighted by molar-refractivity contribution is -0.754. The lowest BCUT2D eigenvalue weighted by atomic mass is 10.2. The highest BCUT2D eigenvalue weighted by Crippen LogP contribution is 2.16. The maximum atomic E-state index is 10.4. The van der Waals surface area contributed by atoms with Crippen molar-refractivity contribution in [2.24, 2.45) is 0 Å². The van der Waals surface area contributed by atoms with E-state index in [0.717, 1.165) is 11.3 Å². The lowest BCUT2D eigenvalue weighted by Crippen LogP contribution is -2.34. The number of amides is 1. The molecule has 4 aromatic rings. The van der Waals surface area contributed by atoms with Gasteiger partial charge in [0.05, 0.1) is 6.61 Å². The van der Waals surface area contributed by atoms with Crippen LogP contribution in [0.5, 0.6) is 5.75 Å². The van der Waals surface area contributed by atoms with Crippen LogP contribution in [0.25, 0.3) is 16.7 Å². The highest BCUT2D eigenvalue weighted by molar-refractivity contribution is 5.86. The number of carboxylic acid groups (broad SMARTS) is 1. The lowest BCUT2D eigenvalue weighted by Gasteiger charge is -2.03. The Morgan fingerprint density at radius 2 is 1.84 bits per heavy atom. The Labute approximate surface area is 177 Å². The summed E-state index contributed by atoms with van der Waals surface area (Å²) < 4.78 is 17.6. The van der Waals surface area contributed by atoms with Gasteiger partial charge in [-0.15, -0.1) is 0 Å². The first-order valence-corrected chi connectivity index (χ1v) is 9.22. The molecule has 2 heterocycles. The Balaban J connectivity index is 0.000000185. The molecule has 11 nitrogen and oxygen atoms in total. The van der Waals surface area contributed by atoms with Crippen LogP contribution < -0.4 is 14.1 Å². The highest BCUT2D eigenvalue weighted by Gasteiger charge is 2.11. The van der Waals surface area contributed by atoms with Crippen molar-refractivity contribution >= 4 is 17.9 Å². The molecule has 1 amide bonds. The summed E-state index contributed by atoms with van der Waals surface area (Å²) in [5.74, 6) is 0.758. The maximum Gasteiger partial charge on any atom is 0.241 e. The van der Waals surface area contributed by atoms with Crippen molar-refractivity contribution in [3.05, 3.63) is 83.6 Å². The molecule has 11 heteroatoms. The molecular formula is C20H20N6O5. The minimum absolute atomic E-state index is 0.0728. The zero-order chi connectivity index (χ0) is 22.1. The number of aromatic nitrogens is 4. The minimum Gasteiger partial charge on any atom is -0.660 e. The van der Waals surface area contributed by atoms with Gasteiger partial charge in [0, 0.05) is 17.7 Å². The smallest absolute Gasteiger partial charge is 0.241 e. The number of carbonyl (C=O) groups is 1. The van der Waals surface area contributed by atoms with Crippen LogP contribution >= 0.6 is 0 Å². The number of ether oxygens (including phenoxy) is 1. The summed E-state index contributed by atoms with van der Waals surface area (Å²) in [7, 11) is 0. The van der Waals surface area contributed by atoms with E-state index in [1.54, 1.807) is 35.1 Å². The molecule has 0 bridgehead atoms. The van der Waals surface area contributed by atoms with E-state index in [9.17, 15) is 4.79 Å². The molecule has 0 fully saturated rings. The first-order chi connectivity index (χ1) is 15.0. The van der Waals surface area contributed by atoms with Gasteiger partial charge in [-0.05, 0) is 23.7 Å². The monoisotopic (exact) mass is 424 g/mol. The molecular weight excluding hydrogens is 404 g/mol. The second-order valence-corrected chi connectivity index (χ2v) is 6.06. The Bertz CT molecular complexity index is 1090. The quantitative estimate of drug-likeness (QED) is 0.464. The number of rotatable bonds is 6. The highest BCUT2D eigenvalue weighted by atomic mass is 16.5. The third-order valence-corrected chi connectivity index (χ3v) is 3.77. The third-order valence-electron chi connectivity index (χ3n) is 3.77. The number of nitrogens with zero attached hydrogens (tertiary/aromatic N) is 5. The molecule has 0 saturated heterocycles. The van der Waals surface area contributed by atoms with Gasteiger partial charge >= 0.3 is 0 Å². The first kappa shape index (κ1) is 21.3. The summed E-state index contributed by atoms with van der Waals surface area (Å²) >= 11 is 0. The molecule has 160 valence electrons. The predicted octanol–water partition coefficient (Wildman–Crippen LogP) is 3.73. The second kappa shape index (κ2) is 10.4. The molecule has 0 aliphatic heterocycles. The van der Waals surface area contributed by atoms with Gasteiger partial charge < -0.3 is 29.9 Å². The molecule has 2 aromatic carbocycles. The van der Waals surface area contributed by atoms with Gasteiger partial charge in [-0.3, -0.25) is 4.79 Å². The molecule has 0 aliphatic rings. The van der Waals surface area contributed by atoms with E-state index in [0.29, 0.717) is 18.8 Å². The van der Waals surface area contributed by atoms with Gasteiger partial charge in [0.25, 0.3) is 0 Å². The van der Waals surface area contributed by atoms with Crippen LogP contribution in [0.2, 0.25) is 0 Å². The van der Waals surface area contributed by atoms with E-state index in [1.807, 2.05) is 37.3 Å². The van der Waals surface area contributed by atoms with Crippen LogP contribution in [0, 0.1) is 0 Å². The zero-order valence-electron chi connectivity index (χ0n) is 16.6. The first-order valence-electron chi connectivity index (χ1n) is 9.22. The van der Waals surface area contributed by atoms with E-state index in [2.05, 4.69) is 20.4 Å². The van der Waals surface area contributed by atoms with Gasteiger partial charge in [0.1, 0.15) is 17.5 Å². The van der Waals surface area contributed by atoms with Crippen LogP contribution in [0.15, 0.2) is 76.0 Å². The SMILES string of the molecule is CCOc1ccc(-[n+]2cc([N-]C(=O)O)on2)cc1.[NH-]c1c[n+](Cc2ccccc2)no1. The van der Waals surface area contributed by atoms with E-state index < -0.39 is 6.09 Å². The molecule has 2 aromatic heterocycles. The van der Waals surface area contributed by atoms with Crippen molar-refractivity contribution in [2.75, 3.05) is 6.61 Å². The molecule has 31 heavy (non-hydrogen) atoms. The topological polar surface area (TPSA) is 144 Å². The summed E-state index contributed by atoms with van der Waals surface area (Å²) in [5, 5.41) is 19.0. The Morgan fingerprint density at radius 3 is 2.45 bits per heavy atom. The number of hydrogen-bond acceptors (Lipinski definition) is 6. The summed E-state index contributed by atoms with van der Waals surface area (Å²) in [6.45, 7) is 3.14. The molecule has 0 aliphatic carbocycles. The number of nitrogens with one attached hydrogen (secondary N) is 1. The number of benzene rings is 2. The average molecular weight is 424 g/mol. The minimum atomic E-state index is -1.33. The van der Waals surface area contributed by atoms with Crippen molar-refractivity contribution < 1.29 is 33.0 Å². The van der Waals surface area contributed by atoms with Gasteiger partial charge in [0.2, 0.25) is 36.0 Å². The molecule has 0 unspecified atom stereocenters. The summed E-state index contributed by atoms with van der Waals surface area (Å²) in [5.41, 5.74) is 8.99. The fraction of sp³-hybridized carbons (Fsp3) is 0.150. The van der Waals surface area contributed by atoms with Crippen LogP contribution in [-0.4, -0.2) is 28.3 Å². The van der Waals surface area contributed by atoms with E-state index in [-0.39, 0.29) is 11.8 Å². The van der Waals surface area contributed by atoms with Crippen LogP contribution in [-0.2, 0) is 6.54 Å². The largest absolute Gasteiger partial charge is 0.660 e. The fourth-order valence-electron chi connectivity index (χ4n) is 2.49. The standard InChI is InChI=1S/C11H11N3O4.C9H9N3O/c1-2-17-9-5-3-8(4-6-9)14-7-10(18-13-14)12-11(15)16;10-9-7-12(11-13-9)6-8-4-2-1-3-5-8/h3-7H,2H2,1H3,(H-,12,13,15,16);1-5,7,10H,6H2. The van der Waals surface area contributed by atoms with Gasteiger partial charge in [-0.2, -0.15) is 0 Å². The Kier molecular flexibility index (Phi) is 7.14. The molecule has 0 atom stereocenters. The van der Waals surface area contributed by atoms with E-state index in [4.69, 9.17) is 20.1 Å². The Morgan fingerprint density at radius 1 is 1.10 bits per heavy atom. The third kappa shape index (κ3) is 6.56. The molecule has 0 radical (unpaired) electrons. The summed E-state index contributed by atoms with van der Waals surface area (Å²) in [6, 6.07) is 17.0. The number of hydrogen-bond donors (Lipinski definition) is 1. The average Bonchev–Trinajstić information content (AvgIpc) is 3.38.